The van der Waals surface area contributed by atoms with Gasteiger partial charge < -0.3 is 14.9 Å². The largest absolute Gasteiger partial charge is 0.454 e. The minimum atomic E-state index is -0.760. The molecule has 1 aliphatic heterocycles. The molecule has 2 rings (SSSR count). The molecule has 0 saturated carbocycles. The predicted molar refractivity (Wildman–Crippen MR) is 71.3 cm³/mol. The van der Waals surface area contributed by atoms with Gasteiger partial charge in [-0.3, -0.25) is 0 Å². The van der Waals surface area contributed by atoms with Crippen LogP contribution in [0.4, 0.5) is 0 Å². The van der Waals surface area contributed by atoms with Crippen LogP contribution in [0.1, 0.15) is 26.2 Å². The van der Waals surface area contributed by atoms with E-state index in [-0.39, 0.29) is 6.61 Å². The minimum absolute atomic E-state index is 0.0709. The molecule has 104 valence electrons. The molecular weight excluding hydrogens is 244 g/mol. The number of carbonyl (C=O) groups is 1. The first-order valence-corrected chi connectivity index (χ1v) is 6.57. The van der Waals surface area contributed by atoms with E-state index >= 15 is 0 Å². The van der Waals surface area contributed by atoms with E-state index in [1.165, 1.54) is 0 Å². The number of carbonyl (C=O) groups excluding carboxylic acids is 1. The van der Waals surface area contributed by atoms with Crippen molar-refractivity contribution in [2.24, 2.45) is 5.92 Å². The molecule has 0 radical (unpaired) electrons. The van der Waals surface area contributed by atoms with E-state index in [9.17, 15) is 15.0 Å². The van der Waals surface area contributed by atoms with Crippen molar-refractivity contribution in [1.82, 2.24) is 0 Å². The Balaban J connectivity index is 2.32. The van der Waals surface area contributed by atoms with E-state index in [2.05, 4.69) is 6.58 Å². The SMILES string of the molecule is C=C1C(=O)O[C@@H]2/C=C(\C)CC/C=C(\CO)C[C@@H](O)[C@@H]12. The van der Waals surface area contributed by atoms with Crippen LogP contribution in [0.5, 0.6) is 0 Å². The van der Waals surface area contributed by atoms with Crippen LogP contribution in [0, 0.1) is 5.92 Å². The molecule has 0 aromatic carbocycles. The first-order valence-electron chi connectivity index (χ1n) is 6.57. The summed E-state index contributed by atoms with van der Waals surface area (Å²) in [4.78, 5) is 11.6. The first-order chi connectivity index (χ1) is 9.02. The van der Waals surface area contributed by atoms with Gasteiger partial charge in [-0.25, -0.2) is 4.79 Å². The monoisotopic (exact) mass is 264 g/mol. The average molecular weight is 264 g/mol. The molecule has 0 unspecified atom stereocenters. The number of aliphatic hydroxyl groups excluding tert-OH is 2. The molecular formula is C15H20O4. The molecule has 3 atom stereocenters. The van der Waals surface area contributed by atoms with Crippen molar-refractivity contribution in [1.29, 1.82) is 0 Å². The van der Waals surface area contributed by atoms with Gasteiger partial charge in [0, 0.05) is 5.57 Å². The number of fused-ring (bicyclic) bond motifs is 1. The fourth-order valence-electron chi connectivity index (χ4n) is 2.67. The number of hydrogen-bond acceptors (Lipinski definition) is 4. The molecule has 1 aliphatic carbocycles. The number of ether oxygens (including phenoxy) is 1. The number of aliphatic hydroxyl groups is 2. The van der Waals surface area contributed by atoms with Gasteiger partial charge in [0.25, 0.3) is 0 Å². The molecule has 19 heavy (non-hydrogen) atoms. The third kappa shape index (κ3) is 2.96. The van der Waals surface area contributed by atoms with Crippen molar-refractivity contribution < 1.29 is 19.7 Å². The average Bonchev–Trinajstić information content (AvgIpc) is 2.63. The summed E-state index contributed by atoms with van der Waals surface area (Å²) in [5, 5.41) is 19.6. The molecule has 0 bridgehead atoms. The molecule has 1 heterocycles. The lowest BCUT2D eigenvalue weighted by atomic mass is 9.85. The fourth-order valence-corrected chi connectivity index (χ4v) is 2.67. The normalized spacial score (nSPS) is 37.7. The van der Waals surface area contributed by atoms with E-state index in [1.54, 1.807) is 0 Å². The second-order valence-electron chi connectivity index (χ2n) is 5.26. The first kappa shape index (κ1) is 14.0. The predicted octanol–water partition coefficient (Wildman–Crippen LogP) is 1.49. The molecule has 2 N–H and O–H groups in total. The summed E-state index contributed by atoms with van der Waals surface area (Å²) in [6.07, 6.45) is 4.69. The molecule has 2 aliphatic rings. The maximum Gasteiger partial charge on any atom is 0.334 e. The standard InChI is InChI=1S/C15H20O4/c1-9-4-3-5-11(8-16)7-12(17)14-10(2)15(18)19-13(14)6-9/h5-6,12-14,16-17H,2-4,7-8H2,1H3/b9-6+,11-5-/t12-,13-,14-/m1/s1. The number of hydrogen-bond donors (Lipinski definition) is 2. The highest BCUT2D eigenvalue weighted by molar-refractivity contribution is 5.91. The van der Waals surface area contributed by atoms with E-state index in [0.717, 1.165) is 24.0 Å². The Morgan fingerprint density at radius 2 is 2.26 bits per heavy atom. The van der Waals surface area contributed by atoms with Gasteiger partial charge in [-0.2, -0.15) is 0 Å². The third-order valence-electron chi connectivity index (χ3n) is 3.77. The highest BCUT2D eigenvalue weighted by Crippen LogP contribution is 2.34. The second kappa shape index (κ2) is 5.72. The van der Waals surface area contributed by atoms with Crippen LogP contribution in [0.25, 0.3) is 0 Å². The van der Waals surface area contributed by atoms with Gasteiger partial charge in [-0.05, 0) is 37.8 Å². The number of allylic oxidation sites excluding steroid dienone is 2. The summed E-state index contributed by atoms with van der Waals surface area (Å²) in [6.45, 7) is 5.63. The topological polar surface area (TPSA) is 66.8 Å². The van der Waals surface area contributed by atoms with Crippen LogP contribution in [-0.4, -0.2) is 35.0 Å². The zero-order valence-electron chi connectivity index (χ0n) is 11.1. The van der Waals surface area contributed by atoms with Crippen LogP contribution < -0.4 is 0 Å². The highest BCUT2D eigenvalue weighted by atomic mass is 16.6. The summed E-state index contributed by atoms with van der Waals surface area (Å²) in [5.74, 6) is -0.859. The maximum absolute atomic E-state index is 11.6. The third-order valence-corrected chi connectivity index (χ3v) is 3.77. The second-order valence-corrected chi connectivity index (χ2v) is 5.26. The Hall–Kier alpha value is -1.39. The van der Waals surface area contributed by atoms with Crippen LogP contribution in [0.2, 0.25) is 0 Å². The highest BCUT2D eigenvalue weighted by Gasteiger charge is 2.42. The summed E-state index contributed by atoms with van der Waals surface area (Å²) >= 11 is 0. The van der Waals surface area contributed by atoms with E-state index in [0.29, 0.717) is 12.0 Å². The van der Waals surface area contributed by atoms with Gasteiger partial charge in [-0.15, -0.1) is 0 Å². The number of esters is 1. The van der Waals surface area contributed by atoms with Crippen molar-refractivity contribution >= 4 is 5.97 Å². The summed E-state index contributed by atoms with van der Waals surface area (Å²) in [5.41, 5.74) is 2.23. The Labute approximate surface area is 113 Å². The van der Waals surface area contributed by atoms with Crippen molar-refractivity contribution in [3.05, 3.63) is 35.5 Å². The Morgan fingerprint density at radius 1 is 1.53 bits per heavy atom. The van der Waals surface area contributed by atoms with E-state index < -0.39 is 24.1 Å². The molecule has 4 heteroatoms. The van der Waals surface area contributed by atoms with Gasteiger partial charge in [-0.1, -0.05) is 18.2 Å². The summed E-state index contributed by atoms with van der Waals surface area (Å²) in [6, 6.07) is 0. The van der Waals surface area contributed by atoms with Gasteiger partial charge in [0.1, 0.15) is 6.10 Å². The molecule has 4 nitrogen and oxygen atoms in total. The number of rotatable bonds is 1. The van der Waals surface area contributed by atoms with E-state index in [1.807, 2.05) is 19.1 Å². The zero-order chi connectivity index (χ0) is 14.0. The van der Waals surface area contributed by atoms with E-state index in [4.69, 9.17) is 4.74 Å². The Bertz CT molecular complexity index is 447. The van der Waals surface area contributed by atoms with Crippen molar-refractivity contribution in [2.45, 2.75) is 38.4 Å². The van der Waals surface area contributed by atoms with Gasteiger partial charge in [0.15, 0.2) is 0 Å². The van der Waals surface area contributed by atoms with Crippen LogP contribution in [0.15, 0.2) is 35.5 Å². The fraction of sp³-hybridized carbons (Fsp3) is 0.533. The quantitative estimate of drug-likeness (QED) is 0.428. The summed E-state index contributed by atoms with van der Waals surface area (Å²) in [7, 11) is 0. The molecule has 0 aromatic rings. The lowest BCUT2D eigenvalue weighted by Gasteiger charge is -2.23. The zero-order valence-corrected chi connectivity index (χ0v) is 11.1. The van der Waals surface area contributed by atoms with Gasteiger partial charge >= 0.3 is 5.97 Å². The maximum atomic E-state index is 11.6. The Morgan fingerprint density at radius 3 is 2.95 bits per heavy atom. The van der Waals surface area contributed by atoms with Crippen molar-refractivity contribution in [3.63, 3.8) is 0 Å². The van der Waals surface area contributed by atoms with Gasteiger partial charge in [0.05, 0.1) is 18.6 Å². The summed E-state index contributed by atoms with van der Waals surface area (Å²) < 4.78 is 5.26. The Kier molecular flexibility index (Phi) is 4.22. The minimum Gasteiger partial charge on any atom is -0.454 e. The van der Waals surface area contributed by atoms with Crippen LogP contribution in [0.3, 0.4) is 0 Å². The van der Waals surface area contributed by atoms with Crippen molar-refractivity contribution in [3.8, 4) is 0 Å². The van der Waals surface area contributed by atoms with Crippen LogP contribution in [-0.2, 0) is 9.53 Å². The van der Waals surface area contributed by atoms with Crippen LogP contribution >= 0.6 is 0 Å². The molecule has 0 spiro atoms. The lowest BCUT2D eigenvalue weighted by molar-refractivity contribution is -0.137. The smallest absolute Gasteiger partial charge is 0.334 e. The molecule has 1 fully saturated rings. The molecule has 0 aromatic heterocycles. The lowest BCUT2D eigenvalue weighted by Crippen LogP contribution is -2.29. The molecule has 1 saturated heterocycles. The van der Waals surface area contributed by atoms with Gasteiger partial charge in [0.2, 0.25) is 0 Å². The molecule has 0 amide bonds. The van der Waals surface area contributed by atoms with Crippen molar-refractivity contribution in [2.75, 3.05) is 6.61 Å².